The first-order valence-electron chi connectivity index (χ1n) is 5.63. The van der Waals surface area contributed by atoms with Crippen LogP contribution in [0.3, 0.4) is 0 Å². The first-order valence-corrected chi connectivity index (χ1v) is 6.57. The average Bonchev–Trinajstić information content (AvgIpc) is 2.73. The Labute approximate surface area is 99.3 Å². The fraction of sp³-hybridized carbons (Fsp3) is 0.500. The van der Waals surface area contributed by atoms with E-state index in [-0.39, 0.29) is 11.5 Å². The lowest BCUT2D eigenvalue weighted by Crippen LogP contribution is -2.42. The zero-order chi connectivity index (χ0) is 11.0. The predicted octanol–water partition coefficient (Wildman–Crippen LogP) is 1.61. The van der Waals surface area contributed by atoms with Crippen molar-refractivity contribution in [3.05, 3.63) is 24.3 Å². The van der Waals surface area contributed by atoms with Gasteiger partial charge in [-0.3, -0.25) is 9.89 Å². The fourth-order valence-corrected chi connectivity index (χ4v) is 4.08. The molecule has 0 aromatic heterocycles. The van der Waals surface area contributed by atoms with E-state index in [2.05, 4.69) is 34.2 Å². The smallest absolute Gasteiger partial charge is 0.150 e. The number of fused-ring (bicyclic) bond motifs is 3. The van der Waals surface area contributed by atoms with E-state index in [0.29, 0.717) is 17.7 Å². The molecule has 0 aromatic rings. The van der Waals surface area contributed by atoms with Crippen molar-refractivity contribution in [2.45, 2.75) is 35.7 Å². The number of allylic oxidation sites excluding steroid dienone is 2. The minimum atomic E-state index is 0.213. The molecule has 0 bridgehead atoms. The number of aldehydes is 1. The van der Waals surface area contributed by atoms with Crippen molar-refractivity contribution in [2.24, 2.45) is 4.99 Å². The zero-order valence-corrected chi connectivity index (χ0v) is 9.72. The van der Waals surface area contributed by atoms with Crippen molar-refractivity contribution in [1.82, 2.24) is 4.90 Å². The van der Waals surface area contributed by atoms with Crippen LogP contribution in [0.4, 0.5) is 0 Å². The normalized spacial score (nSPS) is 40.8. The van der Waals surface area contributed by atoms with Gasteiger partial charge >= 0.3 is 0 Å². The van der Waals surface area contributed by atoms with Crippen LogP contribution < -0.4 is 0 Å². The Kier molecular flexibility index (Phi) is 2.69. The lowest BCUT2D eigenvalue weighted by molar-refractivity contribution is -0.108. The number of carbonyl (C=O) groups is 1. The number of aliphatic imine (C=N–C) groups is 1. The molecule has 0 amide bonds. The van der Waals surface area contributed by atoms with Gasteiger partial charge in [-0.1, -0.05) is 24.3 Å². The lowest BCUT2D eigenvalue weighted by atomic mass is 10.1. The summed E-state index contributed by atoms with van der Waals surface area (Å²) in [5, 5.41) is 0.520. The molecule has 3 rings (SSSR count). The van der Waals surface area contributed by atoms with Crippen LogP contribution in [0, 0.1) is 0 Å². The molecule has 3 aliphatic rings. The summed E-state index contributed by atoms with van der Waals surface area (Å²) in [4.78, 5) is 17.5. The number of carbonyl (C=O) groups excluding carboxylic acids is 1. The molecule has 0 spiro atoms. The third kappa shape index (κ3) is 1.57. The molecule has 1 fully saturated rings. The van der Waals surface area contributed by atoms with E-state index in [1.54, 1.807) is 0 Å². The van der Waals surface area contributed by atoms with Crippen molar-refractivity contribution in [1.29, 1.82) is 0 Å². The van der Waals surface area contributed by atoms with Crippen LogP contribution in [0.25, 0.3) is 0 Å². The number of hydrogen-bond donors (Lipinski definition) is 0. The Balaban J connectivity index is 1.84. The van der Waals surface area contributed by atoms with Crippen LogP contribution in [0.15, 0.2) is 29.3 Å². The summed E-state index contributed by atoms with van der Waals surface area (Å²) in [6.07, 6.45) is 13.3. The molecule has 1 saturated heterocycles. The maximum Gasteiger partial charge on any atom is 0.150 e. The molecule has 4 heteroatoms. The van der Waals surface area contributed by atoms with Gasteiger partial charge in [-0.15, -0.1) is 11.8 Å². The van der Waals surface area contributed by atoms with E-state index < -0.39 is 0 Å². The first kappa shape index (κ1) is 10.3. The molecule has 4 unspecified atom stereocenters. The van der Waals surface area contributed by atoms with Gasteiger partial charge in [0.1, 0.15) is 6.29 Å². The number of rotatable bonds is 2. The molecule has 16 heavy (non-hydrogen) atoms. The third-order valence-corrected chi connectivity index (χ3v) is 4.72. The molecule has 0 N–H and O–H groups in total. The Hall–Kier alpha value is -0.870. The molecule has 3 nitrogen and oxygen atoms in total. The Morgan fingerprint density at radius 3 is 3.31 bits per heavy atom. The monoisotopic (exact) mass is 234 g/mol. The minimum Gasteiger partial charge on any atom is -0.303 e. The van der Waals surface area contributed by atoms with Gasteiger partial charge in [-0.25, -0.2) is 0 Å². The highest BCUT2D eigenvalue weighted by Crippen LogP contribution is 2.43. The highest BCUT2D eigenvalue weighted by atomic mass is 32.2. The molecule has 84 valence electrons. The maximum absolute atomic E-state index is 10.7. The van der Waals surface area contributed by atoms with Crippen molar-refractivity contribution in [2.75, 3.05) is 0 Å². The van der Waals surface area contributed by atoms with Crippen molar-refractivity contribution in [3.63, 3.8) is 0 Å². The fourth-order valence-electron chi connectivity index (χ4n) is 2.59. The number of thioether (sulfide) groups is 1. The SMILES string of the molecule is O=CCC1C=NC2SC3C=CC=CCC3N12. The van der Waals surface area contributed by atoms with E-state index in [4.69, 9.17) is 0 Å². The summed E-state index contributed by atoms with van der Waals surface area (Å²) >= 11 is 1.89. The van der Waals surface area contributed by atoms with E-state index in [1.165, 1.54) is 0 Å². The van der Waals surface area contributed by atoms with Gasteiger partial charge < -0.3 is 4.79 Å². The van der Waals surface area contributed by atoms with Crippen molar-refractivity contribution < 1.29 is 4.79 Å². The maximum atomic E-state index is 10.7. The number of hydrogen-bond acceptors (Lipinski definition) is 4. The minimum absolute atomic E-state index is 0.213. The van der Waals surface area contributed by atoms with Crippen LogP contribution in [0.1, 0.15) is 12.8 Å². The summed E-state index contributed by atoms with van der Waals surface area (Å²) in [5.41, 5.74) is 0.233. The second kappa shape index (κ2) is 4.18. The van der Waals surface area contributed by atoms with Crippen LogP contribution in [-0.2, 0) is 4.79 Å². The van der Waals surface area contributed by atoms with Gasteiger partial charge in [0.2, 0.25) is 0 Å². The van der Waals surface area contributed by atoms with Gasteiger partial charge in [-0.2, -0.15) is 0 Å². The molecular formula is C12H14N2OS. The summed E-state index contributed by atoms with van der Waals surface area (Å²) in [7, 11) is 0. The van der Waals surface area contributed by atoms with Gasteiger partial charge in [0.15, 0.2) is 5.50 Å². The third-order valence-electron chi connectivity index (χ3n) is 3.33. The van der Waals surface area contributed by atoms with Crippen molar-refractivity contribution in [3.8, 4) is 0 Å². The van der Waals surface area contributed by atoms with Gasteiger partial charge in [0, 0.05) is 23.9 Å². The Morgan fingerprint density at radius 2 is 2.44 bits per heavy atom. The zero-order valence-electron chi connectivity index (χ0n) is 8.90. The van der Waals surface area contributed by atoms with E-state index in [0.717, 1.165) is 12.7 Å². The quantitative estimate of drug-likeness (QED) is 0.681. The molecule has 2 heterocycles. The molecule has 0 saturated carbocycles. The van der Waals surface area contributed by atoms with Gasteiger partial charge in [0.05, 0.1) is 6.04 Å². The average molecular weight is 234 g/mol. The standard InChI is InChI=1S/C12H14N2OS/c15-7-6-9-8-13-12-14(9)10-4-2-1-3-5-11(10)16-12/h1-3,5,7-12H,4,6H2. The highest BCUT2D eigenvalue weighted by Gasteiger charge is 2.45. The largest absolute Gasteiger partial charge is 0.303 e. The number of nitrogens with zero attached hydrogens (tertiary/aromatic N) is 2. The summed E-state index contributed by atoms with van der Waals surface area (Å²) in [6.45, 7) is 0. The van der Waals surface area contributed by atoms with Crippen molar-refractivity contribution >= 4 is 24.3 Å². The van der Waals surface area contributed by atoms with E-state index >= 15 is 0 Å². The molecule has 1 aliphatic carbocycles. The summed E-state index contributed by atoms with van der Waals surface area (Å²) < 4.78 is 0. The molecule has 0 radical (unpaired) electrons. The second-order valence-corrected chi connectivity index (χ2v) is 5.50. The second-order valence-electron chi connectivity index (χ2n) is 4.26. The van der Waals surface area contributed by atoms with Crippen LogP contribution in [0.5, 0.6) is 0 Å². The van der Waals surface area contributed by atoms with Crippen LogP contribution >= 0.6 is 11.8 Å². The van der Waals surface area contributed by atoms with Gasteiger partial charge in [-0.05, 0) is 6.42 Å². The van der Waals surface area contributed by atoms with Gasteiger partial charge in [0.25, 0.3) is 0 Å². The predicted molar refractivity (Wildman–Crippen MR) is 66.7 cm³/mol. The topological polar surface area (TPSA) is 32.7 Å². The van der Waals surface area contributed by atoms with E-state index in [1.807, 2.05) is 18.0 Å². The molecule has 4 atom stereocenters. The molecule has 2 aliphatic heterocycles. The van der Waals surface area contributed by atoms with Crippen LogP contribution in [-0.4, -0.2) is 40.2 Å². The lowest BCUT2D eigenvalue weighted by Gasteiger charge is -2.27. The first-order chi connectivity index (χ1) is 7.90. The Bertz CT molecular complexity index is 377. The molecular weight excluding hydrogens is 220 g/mol. The summed E-state index contributed by atoms with van der Waals surface area (Å²) in [5.74, 6) is 0. The highest BCUT2D eigenvalue weighted by molar-refractivity contribution is 8.00. The molecule has 0 aromatic carbocycles. The van der Waals surface area contributed by atoms with E-state index in [9.17, 15) is 4.79 Å². The Morgan fingerprint density at radius 1 is 1.50 bits per heavy atom. The summed E-state index contributed by atoms with van der Waals surface area (Å²) in [6, 6.07) is 0.711. The van der Waals surface area contributed by atoms with Crippen LogP contribution in [0.2, 0.25) is 0 Å².